The third-order valence-electron chi connectivity index (χ3n) is 4.78. The third kappa shape index (κ3) is 3.85. The number of halogens is 1. The summed E-state index contributed by atoms with van der Waals surface area (Å²) in [6, 6.07) is 9.49. The number of amides is 1. The highest BCUT2D eigenvalue weighted by Gasteiger charge is 2.33. The number of anilines is 1. The summed E-state index contributed by atoms with van der Waals surface area (Å²) in [4.78, 5) is 19.2. The number of carbonyl (C=O) groups excluding carboxylic acids is 1. The molecule has 3 aromatic heterocycles. The van der Waals surface area contributed by atoms with Crippen LogP contribution >= 0.6 is 0 Å². The zero-order valence-electron chi connectivity index (χ0n) is 16.8. The van der Waals surface area contributed by atoms with E-state index < -0.39 is 18.0 Å². The van der Waals surface area contributed by atoms with Crippen molar-refractivity contribution < 1.29 is 23.2 Å². The van der Waals surface area contributed by atoms with E-state index in [9.17, 15) is 9.18 Å². The van der Waals surface area contributed by atoms with E-state index in [1.807, 2.05) is 0 Å². The molecule has 0 spiro atoms. The molecule has 1 saturated heterocycles. The summed E-state index contributed by atoms with van der Waals surface area (Å²) in [5.41, 5.74) is 1.83. The fourth-order valence-corrected chi connectivity index (χ4v) is 3.25. The predicted molar refractivity (Wildman–Crippen MR) is 107 cm³/mol. The summed E-state index contributed by atoms with van der Waals surface area (Å²) in [7, 11) is 1.66. The standard InChI is InChI=1S/C20H16FN7O4/c1-27-24-19(23-26-27)17-5-2-12(9-22-17)15-4-3-13(8-16(15)21)28-10-14(32-20(28)29)11-30-18-6-7-31-25-18/h2-9,14H,10-11H2,1H3. The Bertz CT molecular complexity index is 1240. The molecule has 1 aliphatic heterocycles. The van der Waals surface area contributed by atoms with Crippen molar-refractivity contribution in [2.45, 2.75) is 6.10 Å². The zero-order chi connectivity index (χ0) is 22.1. The van der Waals surface area contributed by atoms with Crippen LogP contribution in [0, 0.1) is 5.82 Å². The van der Waals surface area contributed by atoms with E-state index in [2.05, 4.69) is 30.1 Å². The Morgan fingerprint density at radius 2 is 2.16 bits per heavy atom. The molecule has 1 amide bonds. The number of nitrogens with zero attached hydrogens (tertiary/aromatic N) is 7. The van der Waals surface area contributed by atoms with Gasteiger partial charge in [-0.2, -0.15) is 4.80 Å². The van der Waals surface area contributed by atoms with E-state index in [4.69, 9.17) is 9.47 Å². The molecule has 1 atom stereocenters. The first-order chi connectivity index (χ1) is 15.6. The monoisotopic (exact) mass is 437 g/mol. The van der Waals surface area contributed by atoms with Crippen molar-refractivity contribution in [3.63, 3.8) is 0 Å². The minimum absolute atomic E-state index is 0.105. The Balaban J connectivity index is 1.29. The van der Waals surface area contributed by atoms with Gasteiger partial charge in [0, 0.05) is 23.4 Å². The van der Waals surface area contributed by atoms with Crippen LogP contribution < -0.4 is 9.64 Å². The first-order valence-electron chi connectivity index (χ1n) is 9.58. The molecule has 0 saturated carbocycles. The number of carbonyl (C=O) groups is 1. The largest absolute Gasteiger partial charge is 0.471 e. The first-order valence-corrected chi connectivity index (χ1v) is 9.58. The molecule has 0 N–H and O–H groups in total. The predicted octanol–water partition coefficient (Wildman–Crippen LogP) is 2.47. The highest BCUT2D eigenvalue weighted by Crippen LogP contribution is 2.29. The summed E-state index contributed by atoms with van der Waals surface area (Å²) < 4.78 is 30.3. The Kier molecular flexibility index (Phi) is 4.94. The summed E-state index contributed by atoms with van der Waals surface area (Å²) in [5.74, 6) is 0.180. The lowest BCUT2D eigenvalue weighted by Gasteiger charge is -2.14. The van der Waals surface area contributed by atoms with Crippen LogP contribution in [0.3, 0.4) is 0 Å². The van der Waals surface area contributed by atoms with E-state index in [-0.39, 0.29) is 13.2 Å². The zero-order valence-corrected chi connectivity index (χ0v) is 16.8. The van der Waals surface area contributed by atoms with Crippen LogP contribution in [0.4, 0.5) is 14.9 Å². The second-order valence-electron chi connectivity index (χ2n) is 6.96. The number of hydrogen-bond acceptors (Lipinski definition) is 9. The van der Waals surface area contributed by atoms with Gasteiger partial charge in [-0.15, -0.1) is 10.2 Å². The van der Waals surface area contributed by atoms with Crippen LogP contribution in [0.5, 0.6) is 5.88 Å². The molecule has 11 nitrogen and oxygen atoms in total. The topological polar surface area (TPSA) is 121 Å². The lowest BCUT2D eigenvalue weighted by molar-refractivity contribution is 0.102. The highest BCUT2D eigenvalue weighted by atomic mass is 19.1. The van der Waals surface area contributed by atoms with Crippen LogP contribution in [0.25, 0.3) is 22.6 Å². The summed E-state index contributed by atoms with van der Waals surface area (Å²) in [6.45, 7) is 0.324. The fraction of sp³-hybridized carbons (Fsp3) is 0.200. The van der Waals surface area contributed by atoms with E-state index in [0.717, 1.165) is 0 Å². The number of cyclic esters (lactones) is 1. The lowest BCUT2D eigenvalue weighted by Crippen LogP contribution is -2.26. The SMILES string of the molecule is Cn1nnc(-c2ccc(-c3ccc(N4CC(COc5ccon5)OC4=O)cc3F)cn2)n1. The van der Waals surface area contributed by atoms with Crippen LogP contribution in [-0.4, -0.2) is 55.7 Å². The lowest BCUT2D eigenvalue weighted by atomic mass is 10.1. The maximum absolute atomic E-state index is 14.9. The summed E-state index contributed by atoms with van der Waals surface area (Å²) in [5, 5.41) is 15.4. The van der Waals surface area contributed by atoms with E-state index in [0.29, 0.717) is 34.2 Å². The number of aromatic nitrogens is 6. The third-order valence-corrected chi connectivity index (χ3v) is 4.78. The highest BCUT2D eigenvalue weighted by molar-refractivity contribution is 5.90. The van der Waals surface area contributed by atoms with Gasteiger partial charge in [-0.1, -0.05) is 6.07 Å². The smallest absolute Gasteiger partial charge is 0.414 e. The van der Waals surface area contributed by atoms with Crippen LogP contribution in [0.2, 0.25) is 0 Å². The van der Waals surface area contributed by atoms with Crippen molar-refractivity contribution >= 4 is 11.8 Å². The van der Waals surface area contributed by atoms with Crippen LogP contribution in [-0.2, 0) is 11.8 Å². The van der Waals surface area contributed by atoms with Crippen molar-refractivity contribution in [3.05, 3.63) is 54.7 Å². The van der Waals surface area contributed by atoms with Gasteiger partial charge in [0.15, 0.2) is 6.10 Å². The van der Waals surface area contributed by atoms with Gasteiger partial charge >= 0.3 is 6.09 Å². The molecule has 4 heterocycles. The normalized spacial score (nSPS) is 15.8. The minimum Gasteiger partial charge on any atom is -0.471 e. The number of aryl methyl sites for hydroxylation is 1. The molecule has 0 radical (unpaired) electrons. The number of rotatable bonds is 6. The number of hydrogen-bond donors (Lipinski definition) is 0. The number of ether oxygens (including phenoxy) is 2. The average molecular weight is 437 g/mol. The van der Waals surface area contributed by atoms with E-state index >= 15 is 0 Å². The van der Waals surface area contributed by atoms with Gasteiger partial charge in [-0.3, -0.25) is 9.88 Å². The molecule has 1 unspecified atom stereocenters. The second kappa shape index (κ2) is 8.06. The number of tetrazole rings is 1. The molecule has 0 aliphatic carbocycles. The van der Waals surface area contributed by atoms with Gasteiger partial charge in [0.1, 0.15) is 24.4 Å². The Morgan fingerprint density at radius 3 is 2.84 bits per heavy atom. The Morgan fingerprint density at radius 1 is 1.25 bits per heavy atom. The molecule has 32 heavy (non-hydrogen) atoms. The molecular formula is C20H16FN7O4. The molecule has 12 heteroatoms. The maximum atomic E-state index is 14.9. The number of pyridine rings is 1. The summed E-state index contributed by atoms with van der Waals surface area (Å²) >= 11 is 0. The number of benzene rings is 1. The van der Waals surface area contributed by atoms with Crippen LogP contribution in [0.15, 0.2) is 53.4 Å². The molecule has 1 aromatic carbocycles. The van der Waals surface area contributed by atoms with Gasteiger partial charge in [0.05, 0.1) is 19.3 Å². The van der Waals surface area contributed by atoms with Crippen molar-refractivity contribution in [2.75, 3.05) is 18.1 Å². The van der Waals surface area contributed by atoms with Gasteiger partial charge in [-0.05, 0) is 34.6 Å². The quantitative estimate of drug-likeness (QED) is 0.448. The molecule has 1 fully saturated rings. The molecule has 5 rings (SSSR count). The van der Waals surface area contributed by atoms with E-state index in [1.165, 1.54) is 28.2 Å². The molecular weight excluding hydrogens is 421 g/mol. The first kappa shape index (κ1) is 19.6. The maximum Gasteiger partial charge on any atom is 0.414 e. The van der Waals surface area contributed by atoms with Gasteiger partial charge < -0.3 is 14.0 Å². The fourth-order valence-electron chi connectivity index (χ4n) is 3.25. The van der Waals surface area contributed by atoms with Crippen molar-refractivity contribution in [1.29, 1.82) is 0 Å². The van der Waals surface area contributed by atoms with Gasteiger partial charge in [0.25, 0.3) is 5.88 Å². The average Bonchev–Trinajstić information content (AvgIpc) is 3.54. The molecule has 0 bridgehead atoms. The molecule has 1 aliphatic rings. The van der Waals surface area contributed by atoms with E-state index in [1.54, 1.807) is 37.4 Å². The Labute approximate surface area is 180 Å². The second-order valence-corrected chi connectivity index (χ2v) is 6.96. The van der Waals surface area contributed by atoms with Crippen molar-refractivity contribution in [1.82, 2.24) is 30.3 Å². The Hall–Kier alpha value is -4.35. The molecule has 4 aromatic rings. The van der Waals surface area contributed by atoms with Gasteiger partial charge in [0.2, 0.25) is 5.82 Å². The molecule has 162 valence electrons. The summed E-state index contributed by atoms with van der Waals surface area (Å²) in [6.07, 6.45) is 1.81. The van der Waals surface area contributed by atoms with Crippen LogP contribution in [0.1, 0.15) is 0 Å². The van der Waals surface area contributed by atoms with Crippen molar-refractivity contribution in [2.24, 2.45) is 7.05 Å². The minimum atomic E-state index is -0.576. The van der Waals surface area contributed by atoms with Crippen molar-refractivity contribution in [3.8, 4) is 28.5 Å². The van der Waals surface area contributed by atoms with Gasteiger partial charge in [-0.25, -0.2) is 9.18 Å².